The zero-order valence-electron chi connectivity index (χ0n) is 15.8. The molecule has 1 aromatic heterocycles. The summed E-state index contributed by atoms with van der Waals surface area (Å²) in [6, 6.07) is 19.8. The third-order valence-electron chi connectivity index (χ3n) is 5.07. The van der Waals surface area contributed by atoms with E-state index in [0.717, 1.165) is 38.5 Å². The first-order valence-electron chi connectivity index (χ1n) is 9.45. The quantitative estimate of drug-likeness (QED) is 0.719. The molecule has 1 N–H and O–H groups in total. The molecule has 0 radical (unpaired) electrons. The highest BCUT2D eigenvalue weighted by Gasteiger charge is 2.19. The SMILES string of the molecule is Cl.O=C(NCCN1CCN(c2nccc3ccccc23)CC1)c1ccccc1. The Morgan fingerprint density at radius 3 is 2.43 bits per heavy atom. The molecular formula is C22H25ClN4O. The second kappa shape index (κ2) is 9.53. The molecule has 0 aliphatic carbocycles. The number of rotatable bonds is 5. The van der Waals surface area contributed by atoms with Gasteiger partial charge in [0.05, 0.1) is 0 Å². The Labute approximate surface area is 171 Å². The van der Waals surface area contributed by atoms with Crippen molar-refractivity contribution in [1.82, 2.24) is 15.2 Å². The average Bonchev–Trinajstić information content (AvgIpc) is 2.74. The third-order valence-corrected chi connectivity index (χ3v) is 5.07. The number of carbonyl (C=O) groups excluding carboxylic acids is 1. The number of benzene rings is 2. The molecule has 6 heteroatoms. The largest absolute Gasteiger partial charge is 0.354 e. The van der Waals surface area contributed by atoms with Crippen LogP contribution in [0.15, 0.2) is 66.9 Å². The van der Waals surface area contributed by atoms with Gasteiger partial charge in [-0.1, -0.05) is 42.5 Å². The van der Waals surface area contributed by atoms with Crippen molar-refractivity contribution in [1.29, 1.82) is 0 Å². The normalized spacial score (nSPS) is 14.5. The van der Waals surface area contributed by atoms with Crippen LogP contribution < -0.4 is 10.2 Å². The minimum atomic E-state index is -0.00538. The maximum Gasteiger partial charge on any atom is 0.251 e. The van der Waals surface area contributed by atoms with Gasteiger partial charge in [0, 0.05) is 56.4 Å². The van der Waals surface area contributed by atoms with Crippen molar-refractivity contribution in [3.63, 3.8) is 0 Å². The van der Waals surface area contributed by atoms with Crippen molar-refractivity contribution in [3.8, 4) is 0 Å². The zero-order chi connectivity index (χ0) is 18.5. The predicted molar refractivity (Wildman–Crippen MR) is 116 cm³/mol. The lowest BCUT2D eigenvalue weighted by Crippen LogP contribution is -2.48. The summed E-state index contributed by atoms with van der Waals surface area (Å²) in [4.78, 5) is 21.5. The number of fused-ring (bicyclic) bond motifs is 1. The third kappa shape index (κ3) is 4.61. The predicted octanol–water partition coefficient (Wildman–Crippen LogP) is 3.21. The van der Waals surface area contributed by atoms with Crippen LogP contribution in [-0.4, -0.2) is 55.1 Å². The lowest BCUT2D eigenvalue weighted by atomic mass is 10.1. The van der Waals surface area contributed by atoms with Gasteiger partial charge in [0.2, 0.25) is 0 Å². The number of aromatic nitrogens is 1. The molecule has 0 atom stereocenters. The van der Waals surface area contributed by atoms with Crippen molar-refractivity contribution in [2.45, 2.75) is 0 Å². The first-order valence-corrected chi connectivity index (χ1v) is 9.45. The second-order valence-corrected chi connectivity index (χ2v) is 6.81. The van der Waals surface area contributed by atoms with Crippen LogP contribution in [0.2, 0.25) is 0 Å². The molecule has 2 heterocycles. The summed E-state index contributed by atoms with van der Waals surface area (Å²) >= 11 is 0. The van der Waals surface area contributed by atoms with Crippen LogP contribution in [-0.2, 0) is 0 Å². The molecule has 0 bridgehead atoms. The Bertz CT molecular complexity index is 905. The summed E-state index contributed by atoms with van der Waals surface area (Å²) in [6.07, 6.45) is 1.89. The maximum atomic E-state index is 12.1. The van der Waals surface area contributed by atoms with Gasteiger partial charge in [0.1, 0.15) is 5.82 Å². The van der Waals surface area contributed by atoms with Crippen LogP contribution >= 0.6 is 12.4 Å². The topological polar surface area (TPSA) is 48.5 Å². The van der Waals surface area contributed by atoms with E-state index in [9.17, 15) is 4.79 Å². The number of anilines is 1. The maximum absolute atomic E-state index is 12.1. The minimum Gasteiger partial charge on any atom is -0.354 e. The van der Waals surface area contributed by atoms with Crippen molar-refractivity contribution in [2.24, 2.45) is 0 Å². The van der Waals surface area contributed by atoms with E-state index in [1.54, 1.807) is 0 Å². The van der Waals surface area contributed by atoms with E-state index < -0.39 is 0 Å². The molecule has 1 amide bonds. The number of amides is 1. The number of piperazine rings is 1. The van der Waals surface area contributed by atoms with E-state index in [0.29, 0.717) is 12.1 Å². The molecule has 2 aromatic carbocycles. The summed E-state index contributed by atoms with van der Waals surface area (Å²) in [5.74, 6) is 1.07. The fourth-order valence-corrected chi connectivity index (χ4v) is 3.56. The molecule has 146 valence electrons. The minimum absolute atomic E-state index is 0. The van der Waals surface area contributed by atoms with E-state index in [4.69, 9.17) is 0 Å². The summed E-state index contributed by atoms with van der Waals surface area (Å²) in [5.41, 5.74) is 0.712. The van der Waals surface area contributed by atoms with Crippen molar-refractivity contribution in [2.75, 3.05) is 44.2 Å². The molecular weight excluding hydrogens is 372 g/mol. The van der Waals surface area contributed by atoms with Gasteiger partial charge in [-0.2, -0.15) is 0 Å². The van der Waals surface area contributed by atoms with Crippen LogP contribution in [0.5, 0.6) is 0 Å². The smallest absolute Gasteiger partial charge is 0.251 e. The summed E-state index contributed by atoms with van der Waals surface area (Å²) in [7, 11) is 0. The number of nitrogens with one attached hydrogen (secondary N) is 1. The number of nitrogens with zero attached hydrogens (tertiary/aromatic N) is 3. The summed E-state index contributed by atoms with van der Waals surface area (Å²) in [6.45, 7) is 5.40. The van der Waals surface area contributed by atoms with Crippen molar-refractivity contribution >= 4 is 34.9 Å². The highest BCUT2D eigenvalue weighted by atomic mass is 35.5. The van der Waals surface area contributed by atoms with Gasteiger partial charge in [-0.15, -0.1) is 12.4 Å². The summed E-state index contributed by atoms with van der Waals surface area (Å²) in [5, 5.41) is 5.45. The molecule has 0 unspecified atom stereocenters. The van der Waals surface area contributed by atoms with Crippen molar-refractivity contribution < 1.29 is 4.79 Å². The Balaban J connectivity index is 0.00000225. The Kier molecular flexibility index (Phi) is 6.85. The number of hydrogen-bond acceptors (Lipinski definition) is 4. The van der Waals surface area contributed by atoms with Gasteiger partial charge in [-0.25, -0.2) is 4.98 Å². The molecule has 1 aliphatic heterocycles. The first kappa shape index (κ1) is 20.1. The van der Waals surface area contributed by atoms with E-state index in [1.807, 2.05) is 36.5 Å². The van der Waals surface area contributed by atoms with E-state index in [2.05, 4.69) is 50.4 Å². The van der Waals surface area contributed by atoms with Gasteiger partial charge < -0.3 is 10.2 Å². The Hall–Kier alpha value is -2.63. The molecule has 3 aromatic rings. The molecule has 1 aliphatic rings. The molecule has 1 fully saturated rings. The molecule has 5 nitrogen and oxygen atoms in total. The van der Waals surface area contributed by atoms with Crippen LogP contribution in [0, 0.1) is 0 Å². The Morgan fingerprint density at radius 2 is 1.64 bits per heavy atom. The lowest BCUT2D eigenvalue weighted by Gasteiger charge is -2.35. The number of halogens is 1. The lowest BCUT2D eigenvalue weighted by molar-refractivity contribution is 0.0948. The van der Waals surface area contributed by atoms with Crippen molar-refractivity contribution in [3.05, 3.63) is 72.4 Å². The highest BCUT2D eigenvalue weighted by molar-refractivity contribution is 5.94. The van der Waals surface area contributed by atoms with Crippen LogP contribution in [0.3, 0.4) is 0 Å². The second-order valence-electron chi connectivity index (χ2n) is 6.81. The molecule has 0 saturated carbocycles. The van der Waals surface area contributed by atoms with E-state index in [-0.39, 0.29) is 18.3 Å². The van der Waals surface area contributed by atoms with Gasteiger partial charge in [-0.05, 0) is 23.6 Å². The van der Waals surface area contributed by atoms with E-state index >= 15 is 0 Å². The fourth-order valence-electron chi connectivity index (χ4n) is 3.56. The fraction of sp³-hybridized carbons (Fsp3) is 0.273. The standard InChI is InChI=1S/C22H24N4O.ClH/c27-22(19-7-2-1-3-8-19)24-12-13-25-14-16-26(17-15-25)21-20-9-5-4-6-18(20)10-11-23-21;/h1-11H,12-17H2,(H,24,27);1H. The number of hydrogen-bond donors (Lipinski definition) is 1. The van der Waals surface area contributed by atoms with Crippen LogP contribution in [0.1, 0.15) is 10.4 Å². The van der Waals surface area contributed by atoms with Crippen LogP contribution in [0.4, 0.5) is 5.82 Å². The molecule has 4 rings (SSSR count). The van der Waals surface area contributed by atoms with E-state index in [1.165, 1.54) is 10.8 Å². The highest BCUT2D eigenvalue weighted by Crippen LogP contribution is 2.24. The summed E-state index contributed by atoms with van der Waals surface area (Å²) < 4.78 is 0. The van der Waals surface area contributed by atoms with Gasteiger partial charge in [-0.3, -0.25) is 9.69 Å². The first-order chi connectivity index (χ1) is 13.3. The Morgan fingerprint density at radius 1 is 0.929 bits per heavy atom. The van der Waals surface area contributed by atoms with Gasteiger partial charge in [0.15, 0.2) is 0 Å². The van der Waals surface area contributed by atoms with Crippen LogP contribution in [0.25, 0.3) is 10.8 Å². The van der Waals surface area contributed by atoms with Gasteiger partial charge in [0.25, 0.3) is 5.91 Å². The molecule has 28 heavy (non-hydrogen) atoms. The number of pyridine rings is 1. The molecule has 1 saturated heterocycles. The molecule has 0 spiro atoms. The van der Waals surface area contributed by atoms with Gasteiger partial charge >= 0.3 is 0 Å². The average molecular weight is 397 g/mol. The number of carbonyl (C=O) groups is 1. The monoisotopic (exact) mass is 396 g/mol. The zero-order valence-corrected chi connectivity index (χ0v) is 16.6.